The third-order valence-corrected chi connectivity index (χ3v) is 7.26. The summed E-state index contributed by atoms with van der Waals surface area (Å²) in [7, 11) is 0. The molecule has 0 spiro atoms. The molecule has 0 saturated heterocycles. The highest BCUT2D eigenvalue weighted by molar-refractivity contribution is 6.30. The number of halogens is 3. The van der Waals surface area contributed by atoms with Gasteiger partial charge in [0.1, 0.15) is 11.6 Å². The maximum absolute atomic E-state index is 14.7. The molecule has 32 heavy (non-hydrogen) atoms. The second-order valence-electron chi connectivity index (χ2n) is 9.39. The second-order valence-corrected chi connectivity index (χ2v) is 9.83. The molecule has 0 unspecified atom stereocenters. The van der Waals surface area contributed by atoms with Crippen LogP contribution in [0.3, 0.4) is 0 Å². The summed E-state index contributed by atoms with van der Waals surface area (Å²) >= 11 is 5.89. The van der Waals surface area contributed by atoms with Gasteiger partial charge in [-0.25, -0.2) is 8.78 Å². The predicted molar refractivity (Wildman–Crippen MR) is 130 cm³/mol. The first-order valence-corrected chi connectivity index (χ1v) is 12.1. The van der Waals surface area contributed by atoms with E-state index in [4.69, 9.17) is 11.6 Å². The van der Waals surface area contributed by atoms with Crippen LogP contribution >= 0.6 is 11.6 Å². The van der Waals surface area contributed by atoms with Crippen LogP contribution in [0.2, 0.25) is 5.02 Å². The van der Waals surface area contributed by atoms with Gasteiger partial charge in [-0.3, -0.25) is 0 Å². The van der Waals surface area contributed by atoms with Gasteiger partial charge in [0.15, 0.2) is 0 Å². The minimum Gasteiger partial charge on any atom is -0.206 e. The van der Waals surface area contributed by atoms with E-state index in [2.05, 4.69) is 31.2 Å². The van der Waals surface area contributed by atoms with E-state index in [0.29, 0.717) is 16.5 Å². The van der Waals surface area contributed by atoms with Crippen LogP contribution in [0.5, 0.6) is 0 Å². The fourth-order valence-corrected chi connectivity index (χ4v) is 5.09. The fraction of sp³-hybridized carbons (Fsp3) is 0.379. The summed E-state index contributed by atoms with van der Waals surface area (Å²) in [5.41, 5.74) is 4.04. The van der Waals surface area contributed by atoms with Crippen molar-refractivity contribution in [3.8, 4) is 11.1 Å². The van der Waals surface area contributed by atoms with Crippen molar-refractivity contribution >= 4 is 11.6 Å². The van der Waals surface area contributed by atoms with Crippen molar-refractivity contribution < 1.29 is 8.78 Å². The van der Waals surface area contributed by atoms with Crippen LogP contribution in [-0.2, 0) is 12.8 Å². The van der Waals surface area contributed by atoms with Gasteiger partial charge in [0.25, 0.3) is 0 Å². The highest BCUT2D eigenvalue weighted by atomic mass is 35.5. The zero-order valence-corrected chi connectivity index (χ0v) is 19.5. The van der Waals surface area contributed by atoms with Crippen LogP contribution < -0.4 is 0 Å². The first kappa shape index (κ1) is 23.0. The molecule has 0 radical (unpaired) electrons. The van der Waals surface area contributed by atoms with E-state index >= 15 is 0 Å². The van der Waals surface area contributed by atoms with E-state index < -0.39 is 11.6 Å². The third-order valence-electron chi connectivity index (χ3n) is 7.00. The van der Waals surface area contributed by atoms with Crippen molar-refractivity contribution in [3.05, 3.63) is 94.0 Å². The van der Waals surface area contributed by atoms with Crippen LogP contribution in [0.4, 0.5) is 8.78 Å². The summed E-state index contributed by atoms with van der Waals surface area (Å²) in [5, 5.41) is 0.552. The molecule has 3 aromatic rings. The molecular weight excluding hydrogens is 422 g/mol. The van der Waals surface area contributed by atoms with Crippen LogP contribution in [0, 0.1) is 30.4 Å². The van der Waals surface area contributed by atoms with E-state index in [9.17, 15) is 8.78 Å². The Kier molecular flexibility index (Phi) is 7.63. The standard InChI is InChI=1S/C29H31ClF2/c1-20-2-4-21(5-3-20)6-7-22-8-10-23(11-9-22)12-13-24-18-27(31)29(28(32)19-24)25-14-16-26(30)17-15-25/h2-5,14-19,22-23H,6-13H2,1H3. The molecule has 1 aliphatic carbocycles. The van der Waals surface area contributed by atoms with Gasteiger partial charge in [-0.05, 0) is 85.4 Å². The van der Waals surface area contributed by atoms with Gasteiger partial charge in [0, 0.05) is 5.02 Å². The van der Waals surface area contributed by atoms with Gasteiger partial charge in [-0.15, -0.1) is 0 Å². The lowest BCUT2D eigenvalue weighted by molar-refractivity contribution is 0.253. The smallest absolute Gasteiger partial charge is 0.134 e. The van der Waals surface area contributed by atoms with E-state index in [1.54, 1.807) is 24.3 Å². The summed E-state index contributed by atoms with van der Waals surface area (Å²) in [6, 6.07) is 18.5. The first-order chi connectivity index (χ1) is 15.5. The van der Waals surface area contributed by atoms with Crippen molar-refractivity contribution in [2.75, 3.05) is 0 Å². The normalized spacial score (nSPS) is 18.6. The number of hydrogen-bond donors (Lipinski definition) is 0. The Bertz CT molecular complexity index is 993. The van der Waals surface area contributed by atoms with E-state index in [0.717, 1.165) is 30.7 Å². The predicted octanol–water partition coefficient (Wildman–Crippen LogP) is 8.97. The molecule has 0 atom stereocenters. The molecule has 1 saturated carbocycles. The van der Waals surface area contributed by atoms with Gasteiger partial charge in [-0.1, -0.05) is 79.2 Å². The number of rotatable bonds is 7. The lowest BCUT2D eigenvalue weighted by Crippen LogP contribution is -2.16. The maximum atomic E-state index is 14.7. The molecular formula is C29H31ClF2. The highest BCUT2D eigenvalue weighted by Crippen LogP contribution is 2.35. The summed E-state index contributed by atoms with van der Waals surface area (Å²) in [6.07, 6.45) is 9.16. The Morgan fingerprint density at radius 2 is 1.22 bits per heavy atom. The molecule has 0 amide bonds. The Balaban J connectivity index is 1.26. The lowest BCUT2D eigenvalue weighted by atomic mass is 9.77. The Morgan fingerprint density at radius 1 is 0.719 bits per heavy atom. The number of aryl methyl sites for hydroxylation is 3. The van der Waals surface area contributed by atoms with Crippen molar-refractivity contribution in [2.45, 2.75) is 58.3 Å². The van der Waals surface area contributed by atoms with Gasteiger partial charge in [-0.2, -0.15) is 0 Å². The molecule has 0 bridgehead atoms. The van der Waals surface area contributed by atoms with E-state index in [1.807, 2.05) is 0 Å². The molecule has 3 aromatic carbocycles. The molecule has 0 N–H and O–H groups in total. The third kappa shape index (κ3) is 5.98. The summed E-state index contributed by atoms with van der Waals surface area (Å²) in [6.45, 7) is 2.13. The minimum atomic E-state index is -0.498. The maximum Gasteiger partial charge on any atom is 0.134 e. The topological polar surface area (TPSA) is 0 Å². The summed E-state index contributed by atoms with van der Waals surface area (Å²) in [4.78, 5) is 0. The largest absolute Gasteiger partial charge is 0.206 e. The van der Waals surface area contributed by atoms with E-state index in [1.165, 1.54) is 55.4 Å². The van der Waals surface area contributed by atoms with Crippen molar-refractivity contribution in [3.63, 3.8) is 0 Å². The lowest BCUT2D eigenvalue weighted by Gasteiger charge is -2.28. The molecule has 1 aliphatic rings. The SMILES string of the molecule is Cc1ccc(CCC2CCC(CCc3cc(F)c(-c4ccc(Cl)cc4)c(F)c3)CC2)cc1. The minimum absolute atomic E-state index is 0.0273. The molecule has 0 aliphatic heterocycles. The average molecular weight is 453 g/mol. The van der Waals surface area contributed by atoms with Crippen molar-refractivity contribution in [2.24, 2.45) is 11.8 Å². The number of hydrogen-bond acceptors (Lipinski definition) is 0. The molecule has 1 fully saturated rings. The Morgan fingerprint density at radius 3 is 1.75 bits per heavy atom. The molecule has 0 aromatic heterocycles. The summed E-state index contributed by atoms with van der Waals surface area (Å²) < 4.78 is 29.4. The Hall–Kier alpha value is -2.19. The van der Waals surface area contributed by atoms with Crippen LogP contribution in [0.1, 0.15) is 55.2 Å². The first-order valence-electron chi connectivity index (χ1n) is 11.8. The quantitative estimate of drug-likeness (QED) is 0.335. The average Bonchev–Trinajstić information content (AvgIpc) is 2.79. The van der Waals surface area contributed by atoms with Crippen LogP contribution in [0.25, 0.3) is 11.1 Å². The van der Waals surface area contributed by atoms with Crippen LogP contribution in [0.15, 0.2) is 60.7 Å². The monoisotopic (exact) mass is 452 g/mol. The van der Waals surface area contributed by atoms with Crippen molar-refractivity contribution in [1.82, 2.24) is 0 Å². The molecule has 3 heteroatoms. The fourth-order valence-electron chi connectivity index (χ4n) is 4.97. The number of benzene rings is 3. The van der Waals surface area contributed by atoms with Gasteiger partial charge in [0.05, 0.1) is 5.56 Å². The van der Waals surface area contributed by atoms with Gasteiger partial charge in [0.2, 0.25) is 0 Å². The van der Waals surface area contributed by atoms with E-state index in [-0.39, 0.29) is 5.56 Å². The van der Waals surface area contributed by atoms with Crippen LogP contribution in [-0.4, -0.2) is 0 Å². The molecule has 168 valence electrons. The highest BCUT2D eigenvalue weighted by Gasteiger charge is 2.21. The molecule has 0 nitrogen and oxygen atoms in total. The Labute approximate surface area is 195 Å². The summed E-state index contributed by atoms with van der Waals surface area (Å²) in [5.74, 6) is 0.470. The van der Waals surface area contributed by atoms with Gasteiger partial charge < -0.3 is 0 Å². The zero-order valence-electron chi connectivity index (χ0n) is 18.7. The molecule has 0 heterocycles. The van der Waals surface area contributed by atoms with Crippen molar-refractivity contribution in [1.29, 1.82) is 0 Å². The second kappa shape index (κ2) is 10.6. The zero-order chi connectivity index (χ0) is 22.5. The van der Waals surface area contributed by atoms with Gasteiger partial charge >= 0.3 is 0 Å². The molecule has 4 rings (SSSR count).